The van der Waals surface area contributed by atoms with Gasteiger partial charge in [-0.05, 0) is 30.3 Å². The highest BCUT2D eigenvalue weighted by Gasteiger charge is 2.30. The fraction of sp³-hybridized carbons (Fsp3) is 0.300. The molecule has 4 rings (SSSR count). The first kappa shape index (κ1) is 20.6. The number of piperazine rings is 1. The second kappa shape index (κ2) is 8.25. The zero-order valence-electron chi connectivity index (χ0n) is 16.6. The third kappa shape index (κ3) is 4.76. The predicted octanol–water partition coefficient (Wildman–Crippen LogP) is 3.81. The molecule has 11 heteroatoms. The van der Waals surface area contributed by atoms with Gasteiger partial charge in [-0.25, -0.2) is 9.78 Å². The molecule has 0 atom stereocenters. The van der Waals surface area contributed by atoms with Crippen LogP contribution in [0.25, 0.3) is 11.4 Å². The molecule has 162 valence electrons. The summed E-state index contributed by atoms with van der Waals surface area (Å²) in [4.78, 5) is 24.6. The van der Waals surface area contributed by atoms with Crippen molar-refractivity contribution >= 4 is 17.5 Å². The number of carbonyl (C=O) groups excluding carboxylic acids is 1. The van der Waals surface area contributed by atoms with E-state index in [1.54, 1.807) is 18.0 Å². The summed E-state index contributed by atoms with van der Waals surface area (Å²) in [5.41, 5.74) is 0.0385. The Bertz CT molecular complexity index is 1060. The summed E-state index contributed by atoms with van der Waals surface area (Å²) in [5, 5.41) is 6.39. The van der Waals surface area contributed by atoms with Crippen LogP contribution in [-0.4, -0.2) is 52.2 Å². The molecule has 1 aliphatic heterocycles. The molecular weight excluding hydrogens is 413 g/mol. The normalized spacial score (nSPS) is 14.6. The van der Waals surface area contributed by atoms with Crippen molar-refractivity contribution in [2.24, 2.45) is 0 Å². The first-order chi connectivity index (χ1) is 14.8. The van der Waals surface area contributed by atoms with Crippen LogP contribution in [0.1, 0.15) is 11.5 Å². The minimum Gasteiger partial charge on any atom is -0.353 e. The molecule has 1 aliphatic rings. The van der Waals surface area contributed by atoms with E-state index in [4.69, 9.17) is 4.52 Å². The number of benzene rings is 1. The number of rotatable bonds is 3. The Morgan fingerprint density at radius 2 is 1.90 bits per heavy atom. The third-order valence-electron chi connectivity index (χ3n) is 4.87. The zero-order valence-corrected chi connectivity index (χ0v) is 16.6. The largest absolute Gasteiger partial charge is 0.416 e. The van der Waals surface area contributed by atoms with Gasteiger partial charge in [-0.1, -0.05) is 11.2 Å². The molecule has 1 N–H and O–H groups in total. The molecular formula is C20H19F3N6O2. The smallest absolute Gasteiger partial charge is 0.353 e. The third-order valence-corrected chi connectivity index (χ3v) is 4.87. The summed E-state index contributed by atoms with van der Waals surface area (Å²) < 4.78 is 43.5. The molecule has 1 fully saturated rings. The van der Waals surface area contributed by atoms with Crippen molar-refractivity contribution in [3.05, 3.63) is 54.0 Å². The van der Waals surface area contributed by atoms with Crippen LogP contribution >= 0.6 is 0 Å². The predicted molar refractivity (Wildman–Crippen MR) is 107 cm³/mol. The number of halogens is 3. The van der Waals surface area contributed by atoms with Crippen molar-refractivity contribution in [1.29, 1.82) is 0 Å². The van der Waals surface area contributed by atoms with Crippen LogP contribution in [0.3, 0.4) is 0 Å². The van der Waals surface area contributed by atoms with Gasteiger partial charge in [-0.3, -0.25) is 0 Å². The molecule has 0 bridgehead atoms. The fourth-order valence-electron chi connectivity index (χ4n) is 3.24. The highest BCUT2D eigenvalue weighted by molar-refractivity contribution is 5.89. The Hall–Kier alpha value is -3.63. The van der Waals surface area contributed by atoms with Gasteiger partial charge in [0, 0.05) is 50.6 Å². The summed E-state index contributed by atoms with van der Waals surface area (Å²) in [7, 11) is 0. The van der Waals surface area contributed by atoms with E-state index in [0.29, 0.717) is 37.9 Å². The molecule has 0 saturated carbocycles. The molecule has 1 saturated heterocycles. The van der Waals surface area contributed by atoms with E-state index in [1.807, 2.05) is 17.0 Å². The van der Waals surface area contributed by atoms with Crippen molar-refractivity contribution in [3.63, 3.8) is 0 Å². The van der Waals surface area contributed by atoms with Gasteiger partial charge >= 0.3 is 12.2 Å². The maximum absolute atomic E-state index is 12.8. The molecule has 3 aromatic rings. The second-order valence-electron chi connectivity index (χ2n) is 7.02. The van der Waals surface area contributed by atoms with Crippen molar-refractivity contribution < 1.29 is 22.5 Å². The van der Waals surface area contributed by atoms with E-state index < -0.39 is 17.8 Å². The summed E-state index contributed by atoms with van der Waals surface area (Å²) in [5.74, 6) is 1.69. The summed E-state index contributed by atoms with van der Waals surface area (Å²) in [6.45, 7) is 3.63. The van der Waals surface area contributed by atoms with E-state index in [-0.39, 0.29) is 5.69 Å². The van der Waals surface area contributed by atoms with Crippen LogP contribution in [0, 0.1) is 6.92 Å². The number of anilines is 2. The van der Waals surface area contributed by atoms with Gasteiger partial charge in [-0.15, -0.1) is 0 Å². The van der Waals surface area contributed by atoms with Crippen LogP contribution in [0.15, 0.2) is 47.1 Å². The number of hydrogen-bond acceptors (Lipinski definition) is 6. The molecule has 0 aliphatic carbocycles. The van der Waals surface area contributed by atoms with E-state index in [0.717, 1.165) is 23.5 Å². The van der Waals surface area contributed by atoms with Crippen molar-refractivity contribution in [3.8, 4) is 11.4 Å². The molecule has 31 heavy (non-hydrogen) atoms. The van der Waals surface area contributed by atoms with E-state index in [1.165, 1.54) is 12.1 Å². The summed E-state index contributed by atoms with van der Waals surface area (Å²) in [6.07, 6.45) is -2.80. The number of aromatic nitrogens is 3. The van der Waals surface area contributed by atoms with Crippen LogP contribution < -0.4 is 10.2 Å². The highest BCUT2D eigenvalue weighted by Crippen LogP contribution is 2.30. The van der Waals surface area contributed by atoms with Crippen LogP contribution in [0.5, 0.6) is 0 Å². The number of nitrogens with one attached hydrogen (secondary N) is 1. The molecule has 3 heterocycles. The fourth-order valence-corrected chi connectivity index (χ4v) is 3.24. The Labute approximate surface area is 175 Å². The lowest BCUT2D eigenvalue weighted by molar-refractivity contribution is -0.137. The van der Waals surface area contributed by atoms with Gasteiger partial charge in [0.05, 0.1) is 5.56 Å². The lowest BCUT2D eigenvalue weighted by atomic mass is 10.2. The highest BCUT2D eigenvalue weighted by atomic mass is 19.4. The maximum atomic E-state index is 12.8. The molecule has 2 aromatic heterocycles. The van der Waals surface area contributed by atoms with Gasteiger partial charge in [0.2, 0.25) is 11.7 Å². The molecule has 0 spiro atoms. The van der Waals surface area contributed by atoms with Crippen molar-refractivity contribution in [2.75, 3.05) is 36.4 Å². The summed E-state index contributed by atoms with van der Waals surface area (Å²) in [6, 6.07) is 7.84. The quantitative estimate of drug-likeness (QED) is 0.677. The first-order valence-corrected chi connectivity index (χ1v) is 9.54. The van der Waals surface area contributed by atoms with E-state index >= 15 is 0 Å². The van der Waals surface area contributed by atoms with Gasteiger partial charge in [0.25, 0.3) is 0 Å². The maximum Gasteiger partial charge on any atom is 0.416 e. The second-order valence-corrected chi connectivity index (χ2v) is 7.02. The summed E-state index contributed by atoms with van der Waals surface area (Å²) >= 11 is 0. The monoisotopic (exact) mass is 432 g/mol. The Kier molecular flexibility index (Phi) is 5.49. The lowest BCUT2D eigenvalue weighted by Gasteiger charge is -2.35. The number of carbonyl (C=O) groups is 1. The first-order valence-electron chi connectivity index (χ1n) is 9.54. The van der Waals surface area contributed by atoms with Crippen molar-refractivity contribution in [1.82, 2.24) is 20.0 Å². The average Bonchev–Trinajstić information content (AvgIpc) is 3.20. The SMILES string of the molecule is Cc1nc(-c2ccc(N3CCN(C(=O)Nc4cccc(C(F)(F)F)c4)CC3)nc2)no1. The van der Waals surface area contributed by atoms with Crippen LogP contribution in [0.4, 0.5) is 29.5 Å². The van der Waals surface area contributed by atoms with E-state index in [2.05, 4.69) is 20.4 Å². The Morgan fingerprint density at radius 1 is 1.13 bits per heavy atom. The van der Waals surface area contributed by atoms with E-state index in [9.17, 15) is 18.0 Å². The molecule has 0 radical (unpaired) electrons. The number of alkyl halides is 3. The number of aryl methyl sites for hydroxylation is 1. The number of amides is 2. The van der Waals surface area contributed by atoms with Gasteiger partial charge < -0.3 is 19.6 Å². The average molecular weight is 432 g/mol. The van der Waals surface area contributed by atoms with Crippen LogP contribution in [0.2, 0.25) is 0 Å². The van der Waals surface area contributed by atoms with Gasteiger partial charge in [0.15, 0.2) is 0 Å². The Balaban J connectivity index is 1.34. The standard InChI is InChI=1S/C20H19F3N6O2/c1-13-25-18(27-31-13)14-5-6-17(24-12-14)28-7-9-29(10-8-28)19(30)26-16-4-2-3-15(11-16)20(21,22)23/h2-6,11-12H,7-10H2,1H3,(H,26,30). The zero-order chi connectivity index (χ0) is 22.0. The number of urea groups is 1. The minimum atomic E-state index is -4.46. The number of nitrogens with zero attached hydrogens (tertiary/aromatic N) is 5. The number of hydrogen-bond donors (Lipinski definition) is 1. The Morgan fingerprint density at radius 3 is 2.52 bits per heavy atom. The number of pyridine rings is 1. The van der Waals surface area contributed by atoms with Crippen molar-refractivity contribution in [2.45, 2.75) is 13.1 Å². The van der Waals surface area contributed by atoms with Crippen LogP contribution in [-0.2, 0) is 6.18 Å². The molecule has 8 nitrogen and oxygen atoms in total. The lowest BCUT2D eigenvalue weighted by Crippen LogP contribution is -2.50. The molecule has 2 amide bonds. The molecule has 0 unspecified atom stereocenters. The topological polar surface area (TPSA) is 87.4 Å². The minimum absolute atomic E-state index is 0.108. The molecule has 1 aromatic carbocycles. The van der Waals surface area contributed by atoms with Gasteiger partial charge in [0.1, 0.15) is 5.82 Å². The van der Waals surface area contributed by atoms with Gasteiger partial charge in [-0.2, -0.15) is 18.2 Å².